The number of anilines is 2. The lowest BCUT2D eigenvalue weighted by molar-refractivity contribution is -0.118. The Hall–Kier alpha value is -2.82. The second-order valence-electron chi connectivity index (χ2n) is 7.49. The van der Waals surface area contributed by atoms with Crippen molar-refractivity contribution >= 4 is 22.9 Å². The smallest absolute Gasteiger partial charge is 0.226 e. The molecule has 3 rings (SSSR count). The highest BCUT2D eigenvalue weighted by atomic mass is 16.1. The molecule has 0 bridgehead atoms. The minimum absolute atomic E-state index is 0.00420. The number of nitrogens with one attached hydrogen (secondary N) is 2. The summed E-state index contributed by atoms with van der Waals surface area (Å²) in [5.74, 6) is -0.0677. The maximum Gasteiger partial charge on any atom is 0.226 e. The molecule has 27 heavy (non-hydrogen) atoms. The Morgan fingerprint density at radius 2 is 1.81 bits per heavy atom. The average Bonchev–Trinajstić information content (AvgIpc) is 2.89. The average molecular weight is 364 g/mol. The summed E-state index contributed by atoms with van der Waals surface area (Å²) in [4.78, 5) is 16.9. The molecule has 0 atom stereocenters. The largest absolute Gasteiger partial charge is 0.378 e. The van der Waals surface area contributed by atoms with E-state index in [9.17, 15) is 4.79 Å². The Morgan fingerprint density at radius 1 is 1.15 bits per heavy atom. The molecule has 142 valence electrons. The number of amides is 1. The van der Waals surface area contributed by atoms with E-state index in [0.717, 1.165) is 28.4 Å². The minimum Gasteiger partial charge on any atom is -0.378 e. The first-order chi connectivity index (χ1) is 12.8. The van der Waals surface area contributed by atoms with Crippen LogP contribution in [0.5, 0.6) is 0 Å². The van der Waals surface area contributed by atoms with Crippen LogP contribution in [-0.4, -0.2) is 15.3 Å². The molecule has 0 aliphatic carbocycles. The van der Waals surface area contributed by atoms with Gasteiger partial charge in [0.05, 0.1) is 17.1 Å². The van der Waals surface area contributed by atoms with Crippen molar-refractivity contribution in [2.45, 2.75) is 48.1 Å². The molecule has 0 saturated carbocycles. The number of aromatic nitrogens is 2. The number of hydrogen-bond donors (Lipinski definition) is 2. The summed E-state index contributed by atoms with van der Waals surface area (Å²) in [5.41, 5.74) is 8.42. The van der Waals surface area contributed by atoms with E-state index in [1.54, 1.807) is 0 Å². The number of pyridine rings is 1. The second-order valence-corrected chi connectivity index (χ2v) is 7.49. The molecule has 2 aromatic heterocycles. The number of imidazole rings is 1. The van der Waals surface area contributed by atoms with Crippen LogP contribution in [0.15, 0.2) is 30.5 Å². The first-order valence-electron chi connectivity index (χ1n) is 9.37. The molecule has 0 spiro atoms. The molecular weight excluding hydrogens is 336 g/mol. The fourth-order valence-electron chi connectivity index (χ4n) is 3.17. The van der Waals surface area contributed by atoms with Crippen LogP contribution in [-0.2, 0) is 11.3 Å². The summed E-state index contributed by atoms with van der Waals surface area (Å²) < 4.78 is 2.04. The SMILES string of the molecule is Cc1cccc(C)c1CNc1cc(NC(=O)C(C)C)cn2c(C)c(C)nc12. The van der Waals surface area contributed by atoms with Gasteiger partial charge in [0.25, 0.3) is 0 Å². The molecule has 0 radical (unpaired) electrons. The maximum atomic E-state index is 12.2. The molecule has 0 saturated heterocycles. The van der Waals surface area contributed by atoms with E-state index in [0.29, 0.717) is 6.54 Å². The second kappa shape index (κ2) is 7.43. The fourth-order valence-corrected chi connectivity index (χ4v) is 3.17. The van der Waals surface area contributed by atoms with Gasteiger partial charge in [-0.15, -0.1) is 0 Å². The standard InChI is InChI=1S/C22H28N4O/c1-13(2)22(27)25-18-10-20(21-24-16(5)17(6)26(21)12-18)23-11-19-14(3)8-7-9-15(19)4/h7-10,12-13,23H,11H2,1-6H3,(H,25,27). The van der Waals surface area contributed by atoms with Crippen molar-refractivity contribution in [1.29, 1.82) is 0 Å². The van der Waals surface area contributed by atoms with Crippen LogP contribution >= 0.6 is 0 Å². The van der Waals surface area contributed by atoms with E-state index in [-0.39, 0.29) is 11.8 Å². The van der Waals surface area contributed by atoms with Crippen molar-refractivity contribution in [1.82, 2.24) is 9.38 Å². The third-order valence-electron chi connectivity index (χ3n) is 5.09. The van der Waals surface area contributed by atoms with Gasteiger partial charge in [-0.25, -0.2) is 4.98 Å². The van der Waals surface area contributed by atoms with Crippen LogP contribution in [0.3, 0.4) is 0 Å². The van der Waals surface area contributed by atoms with Crippen molar-refractivity contribution in [3.8, 4) is 0 Å². The van der Waals surface area contributed by atoms with Gasteiger partial charge in [-0.2, -0.15) is 0 Å². The highest BCUT2D eigenvalue weighted by molar-refractivity contribution is 5.93. The van der Waals surface area contributed by atoms with E-state index < -0.39 is 0 Å². The lowest BCUT2D eigenvalue weighted by Crippen LogP contribution is -2.18. The van der Waals surface area contributed by atoms with Gasteiger partial charge < -0.3 is 15.0 Å². The van der Waals surface area contributed by atoms with Crippen molar-refractivity contribution in [3.63, 3.8) is 0 Å². The highest BCUT2D eigenvalue weighted by Gasteiger charge is 2.14. The lowest BCUT2D eigenvalue weighted by atomic mass is 10.0. The van der Waals surface area contributed by atoms with Crippen LogP contribution in [0.1, 0.15) is 41.9 Å². The molecule has 5 heteroatoms. The summed E-state index contributed by atoms with van der Waals surface area (Å²) in [5, 5.41) is 6.54. The van der Waals surface area contributed by atoms with Gasteiger partial charge >= 0.3 is 0 Å². The number of nitrogens with zero attached hydrogens (tertiary/aromatic N) is 2. The van der Waals surface area contributed by atoms with E-state index >= 15 is 0 Å². The Balaban J connectivity index is 2.00. The Kier molecular flexibility index (Phi) is 5.22. The van der Waals surface area contributed by atoms with Crippen molar-refractivity contribution < 1.29 is 4.79 Å². The zero-order valence-corrected chi connectivity index (χ0v) is 17.0. The predicted octanol–water partition coefficient (Wildman–Crippen LogP) is 4.77. The van der Waals surface area contributed by atoms with E-state index in [2.05, 4.69) is 42.7 Å². The predicted molar refractivity (Wildman–Crippen MR) is 111 cm³/mol. The molecule has 2 N–H and O–H groups in total. The van der Waals surface area contributed by atoms with Gasteiger partial charge in [-0.1, -0.05) is 32.0 Å². The Labute approximate surface area is 160 Å². The van der Waals surface area contributed by atoms with E-state index in [4.69, 9.17) is 4.98 Å². The zero-order chi connectivity index (χ0) is 19.7. The van der Waals surface area contributed by atoms with Gasteiger partial charge in [0.15, 0.2) is 5.65 Å². The first-order valence-corrected chi connectivity index (χ1v) is 9.37. The Morgan fingerprint density at radius 3 is 2.44 bits per heavy atom. The molecule has 5 nitrogen and oxygen atoms in total. The molecule has 1 amide bonds. The number of carbonyl (C=O) groups is 1. The monoisotopic (exact) mass is 364 g/mol. The molecule has 2 heterocycles. The van der Waals surface area contributed by atoms with Crippen LogP contribution in [0.4, 0.5) is 11.4 Å². The molecule has 1 aromatic carbocycles. The third kappa shape index (κ3) is 3.82. The molecule has 0 aliphatic heterocycles. The van der Waals surface area contributed by atoms with Gasteiger partial charge in [0.2, 0.25) is 5.91 Å². The minimum atomic E-state index is -0.0719. The van der Waals surface area contributed by atoms with Crippen molar-refractivity contribution in [2.75, 3.05) is 10.6 Å². The van der Waals surface area contributed by atoms with Crippen LogP contribution in [0.25, 0.3) is 5.65 Å². The number of carbonyl (C=O) groups excluding carboxylic acids is 1. The molecule has 0 fully saturated rings. The van der Waals surface area contributed by atoms with Gasteiger partial charge in [-0.3, -0.25) is 4.79 Å². The fraction of sp³-hybridized carbons (Fsp3) is 0.364. The topological polar surface area (TPSA) is 58.4 Å². The molecule has 0 unspecified atom stereocenters. The molecule has 3 aromatic rings. The van der Waals surface area contributed by atoms with Crippen molar-refractivity contribution in [3.05, 3.63) is 58.5 Å². The maximum absolute atomic E-state index is 12.2. The summed E-state index contributed by atoms with van der Waals surface area (Å²) in [6.45, 7) is 12.8. The summed E-state index contributed by atoms with van der Waals surface area (Å²) in [7, 11) is 0. The van der Waals surface area contributed by atoms with Crippen LogP contribution in [0, 0.1) is 33.6 Å². The summed E-state index contributed by atoms with van der Waals surface area (Å²) >= 11 is 0. The van der Waals surface area contributed by atoms with E-state index in [1.807, 2.05) is 44.4 Å². The number of benzene rings is 1. The zero-order valence-electron chi connectivity index (χ0n) is 17.0. The van der Waals surface area contributed by atoms with Crippen molar-refractivity contribution in [2.24, 2.45) is 5.92 Å². The Bertz CT molecular complexity index is 981. The quantitative estimate of drug-likeness (QED) is 0.685. The van der Waals surface area contributed by atoms with E-state index in [1.165, 1.54) is 16.7 Å². The normalized spacial score (nSPS) is 11.2. The highest BCUT2D eigenvalue weighted by Crippen LogP contribution is 2.26. The van der Waals surface area contributed by atoms with Gasteiger partial charge in [0, 0.05) is 24.4 Å². The summed E-state index contributed by atoms with van der Waals surface area (Å²) in [6, 6.07) is 8.30. The van der Waals surface area contributed by atoms with Gasteiger partial charge in [-0.05, 0) is 50.5 Å². The third-order valence-corrected chi connectivity index (χ3v) is 5.09. The van der Waals surface area contributed by atoms with Crippen LogP contribution in [0.2, 0.25) is 0 Å². The first kappa shape index (κ1) is 19.0. The molecular formula is C22H28N4O. The number of rotatable bonds is 5. The molecule has 0 aliphatic rings. The number of fused-ring (bicyclic) bond motifs is 1. The lowest BCUT2D eigenvalue weighted by Gasteiger charge is -2.15. The number of hydrogen-bond acceptors (Lipinski definition) is 3. The summed E-state index contributed by atoms with van der Waals surface area (Å²) in [6.07, 6.45) is 1.94. The number of aryl methyl sites for hydroxylation is 4. The van der Waals surface area contributed by atoms with Crippen LogP contribution < -0.4 is 10.6 Å². The van der Waals surface area contributed by atoms with Gasteiger partial charge in [0.1, 0.15) is 0 Å².